The SMILES string of the molecule is CO[C@H]1CC[C@H](NC(=O)c2nc(N[C@H]3CCCC[C@H]3NC(=N)N)c3cc(C)ccc3n2)CC1.Cl.Cl. The van der Waals surface area contributed by atoms with E-state index in [1.807, 2.05) is 25.1 Å². The number of carbonyl (C=O) groups excluding carboxylic acids is 1. The van der Waals surface area contributed by atoms with Crippen LogP contribution in [0.3, 0.4) is 0 Å². The lowest BCUT2D eigenvalue weighted by atomic mass is 9.90. The highest BCUT2D eigenvalue weighted by molar-refractivity contribution is 5.96. The van der Waals surface area contributed by atoms with Gasteiger partial charge in [0.05, 0.1) is 11.6 Å². The molecule has 2 aliphatic carbocycles. The number of carbonyl (C=O) groups is 1. The Balaban J connectivity index is 0.00000216. The largest absolute Gasteiger partial charge is 0.381 e. The van der Waals surface area contributed by atoms with Gasteiger partial charge in [-0.25, -0.2) is 9.97 Å². The number of nitrogens with one attached hydrogen (secondary N) is 4. The maximum atomic E-state index is 13.1. The van der Waals surface area contributed by atoms with Gasteiger partial charge in [-0.3, -0.25) is 10.2 Å². The third-order valence-corrected chi connectivity index (χ3v) is 6.83. The van der Waals surface area contributed by atoms with Crippen molar-refractivity contribution in [3.05, 3.63) is 29.6 Å². The first-order valence-electron chi connectivity index (χ1n) is 11.9. The number of aryl methyl sites for hydroxylation is 1. The average Bonchev–Trinajstić information content (AvgIpc) is 2.80. The Kier molecular flexibility index (Phi) is 10.8. The summed E-state index contributed by atoms with van der Waals surface area (Å²) >= 11 is 0. The number of benzene rings is 1. The first kappa shape index (κ1) is 28.9. The van der Waals surface area contributed by atoms with E-state index in [1.165, 1.54) is 0 Å². The smallest absolute Gasteiger partial charge is 0.289 e. The van der Waals surface area contributed by atoms with Gasteiger partial charge >= 0.3 is 0 Å². The molecule has 2 fully saturated rings. The number of guanidine groups is 1. The molecule has 0 spiro atoms. The van der Waals surface area contributed by atoms with Crippen LogP contribution in [0.5, 0.6) is 0 Å². The van der Waals surface area contributed by atoms with Crippen molar-refractivity contribution in [3.63, 3.8) is 0 Å². The lowest BCUT2D eigenvalue weighted by molar-refractivity contribution is 0.0597. The van der Waals surface area contributed by atoms with Gasteiger partial charge in [-0.05, 0) is 57.6 Å². The molecular formula is C24H37Cl2N7O2. The second-order valence-electron chi connectivity index (χ2n) is 9.30. The summed E-state index contributed by atoms with van der Waals surface area (Å²) in [6, 6.07) is 6.18. The van der Waals surface area contributed by atoms with Crippen LogP contribution < -0.4 is 21.7 Å². The molecule has 1 aromatic heterocycles. The summed E-state index contributed by atoms with van der Waals surface area (Å²) in [4.78, 5) is 22.3. The van der Waals surface area contributed by atoms with Gasteiger partial charge in [-0.1, -0.05) is 24.5 Å². The van der Waals surface area contributed by atoms with Gasteiger partial charge in [-0.15, -0.1) is 24.8 Å². The maximum absolute atomic E-state index is 13.1. The molecule has 4 rings (SSSR count). The van der Waals surface area contributed by atoms with Crippen molar-refractivity contribution in [1.29, 1.82) is 5.41 Å². The first-order chi connectivity index (χ1) is 15.9. The van der Waals surface area contributed by atoms with Gasteiger partial charge in [0.25, 0.3) is 5.91 Å². The molecule has 2 atom stereocenters. The zero-order valence-corrected chi connectivity index (χ0v) is 21.9. The molecule has 2 saturated carbocycles. The summed E-state index contributed by atoms with van der Waals surface area (Å²) in [6.45, 7) is 2.03. The van der Waals surface area contributed by atoms with Crippen LogP contribution in [-0.4, -0.2) is 53.2 Å². The molecule has 9 nitrogen and oxygen atoms in total. The van der Waals surface area contributed by atoms with Crippen molar-refractivity contribution in [1.82, 2.24) is 20.6 Å². The van der Waals surface area contributed by atoms with Crippen LogP contribution in [0.4, 0.5) is 5.82 Å². The van der Waals surface area contributed by atoms with E-state index in [-0.39, 0.29) is 66.7 Å². The number of nitrogens with two attached hydrogens (primary N) is 1. The highest BCUT2D eigenvalue weighted by Crippen LogP contribution is 2.27. The minimum absolute atomic E-state index is 0. The molecule has 11 heteroatoms. The van der Waals surface area contributed by atoms with E-state index in [2.05, 4.69) is 25.9 Å². The number of halogens is 2. The molecule has 1 amide bonds. The summed E-state index contributed by atoms with van der Waals surface area (Å²) < 4.78 is 5.44. The molecule has 0 saturated heterocycles. The predicted molar refractivity (Wildman–Crippen MR) is 144 cm³/mol. The standard InChI is InChI=1S/C24H35N7O2.2ClH/c1-14-7-12-18-17(13-14)21(29-19-5-3-4-6-20(19)30-24(25)26)31-22(28-18)23(32)27-15-8-10-16(33-2)11-9-15;;/h7,12-13,15-16,19-20H,3-6,8-11H2,1-2H3,(H,27,32)(H4,25,26,30)(H,28,29,31);2*1H/t15-,16-,19-,20+;;/m0../s1. The van der Waals surface area contributed by atoms with Crippen molar-refractivity contribution in [2.75, 3.05) is 12.4 Å². The predicted octanol–water partition coefficient (Wildman–Crippen LogP) is 3.68. The number of hydrogen-bond acceptors (Lipinski definition) is 6. The molecule has 194 valence electrons. The fourth-order valence-corrected chi connectivity index (χ4v) is 5.00. The van der Waals surface area contributed by atoms with E-state index >= 15 is 0 Å². The molecule has 2 aliphatic rings. The molecule has 2 aromatic rings. The van der Waals surface area contributed by atoms with Crippen LogP contribution in [0.2, 0.25) is 0 Å². The molecule has 1 heterocycles. The summed E-state index contributed by atoms with van der Waals surface area (Å²) in [7, 11) is 1.74. The number of hydrogen-bond donors (Lipinski definition) is 5. The fourth-order valence-electron chi connectivity index (χ4n) is 5.00. The van der Waals surface area contributed by atoms with Crippen LogP contribution in [0.25, 0.3) is 10.9 Å². The number of fused-ring (bicyclic) bond motifs is 1. The minimum atomic E-state index is -0.247. The van der Waals surface area contributed by atoms with Crippen LogP contribution in [-0.2, 0) is 4.74 Å². The van der Waals surface area contributed by atoms with Crippen molar-refractivity contribution >= 4 is 53.4 Å². The number of methoxy groups -OCH3 is 1. The zero-order valence-electron chi connectivity index (χ0n) is 20.3. The highest BCUT2D eigenvalue weighted by Gasteiger charge is 2.28. The number of nitrogens with zero attached hydrogens (tertiary/aromatic N) is 2. The molecular weight excluding hydrogens is 489 g/mol. The van der Waals surface area contributed by atoms with Crippen molar-refractivity contribution in [2.45, 2.75) is 82.5 Å². The van der Waals surface area contributed by atoms with E-state index in [1.54, 1.807) is 7.11 Å². The molecule has 6 N–H and O–H groups in total. The van der Waals surface area contributed by atoms with Crippen LogP contribution >= 0.6 is 24.8 Å². The number of anilines is 1. The van der Waals surface area contributed by atoms with Crippen LogP contribution in [0.15, 0.2) is 18.2 Å². The Bertz CT molecular complexity index is 1010. The second-order valence-corrected chi connectivity index (χ2v) is 9.30. The van der Waals surface area contributed by atoms with Gasteiger partial charge in [0.15, 0.2) is 5.96 Å². The number of amides is 1. The normalized spacial score (nSPS) is 23.9. The Morgan fingerprint density at radius 1 is 1.03 bits per heavy atom. The van der Waals surface area contributed by atoms with E-state index in [0.29, 0.717) is 5.82 Å². The van der Waals surface area contributed by atoms with Crippen molar-refractivity contribution in [2.24, 2.45) is 5.73 Å². The Morgan fingerprint density at radius 3 is 2.37 bits per heavy atom. The average molecular weight is 527 g/mol. The third-order valence-electron chi connectivity index (χ3n) is 6.83. The molecule has 35 heavy (non-hydrogen) atoms. The summed E-state index contributed by atoms with van der Waals surface area (Å²) in [5.41, 5.74) is 7.45. The molecule has 0 aliphatic heterocycles. The zero-order chi connectivity index (χ0) is 23.4. The molecule has 0 radical (unpaired) electrons. The van der Waals surface area contributed by atoms with Gasteiger partial charge in [0, 0.05) is 30.6 Å². The van der Waals surface area contributed by atoms with Crippen molar-refractivity contribution < 1.29 is 9.53 Å². The fraction of sp³-hybridized carbons (Fsp3) is 0.583. The summed E-state index contributed by atoms with van der Waals surface area (Å²) in [5, 5.41) is 18.3. The number of rotatable bonds is 6. The molecule has 0 bridgehead atoms. The molecule has 0 unspecified atom stereocenters. The van der Waals surface area contributed by atoms with Crippen LogP contribution in [0, 0.1) is 12.3 Å². The van der Waals surface area contributed by atoms with E-state index in [0.717, 1.165) is 67.8 Å². The summed E-state index contributed by atoms with van der Waals surface area (Å²) in [5.74, 6) is 0.553. The summed E-state index contributed by atoms with van der Waals surface area (Å²) in [6.07, 6.45) is 7.99. The Labute approximate surface area is 219 Å². The van der Waals surface area contributed by atoms with E-state index in [9.17, 15) is 4.79 Å². The van der Waals surface area contributed by atoms with Gasteiger partial charge in [0.2, 0.25) is 5.82 Å². The maximum Gasteiger partial charge on any atom is 0.289 e. The van der Waals surface area contributed by atoms with E-state index < -0.39 is 0 Å². The number of ether oxygens (including phenoxy) is 1. The van der Waals surface area contributed by atoms with Gasteiger partial charge < -0.3 is 26.4 Å². The second kappa shape index (κ2) is 13.1. The quantitative estimate of drug-likeness (QED) is 0.286. The lowest BCUT2D eigenvalue weighted by Gasteiger charge is -2.33. The van der Waals surface area contributed by atoms with Crippen molar-refractivity contribution in [3.8, 4) is 0 Å². The third kappa shape index (κ3) is 7.32. The molecule has 1 aromatic carbocycles. The monoisotopic (exact) mass is 525 g/mol. The van der Waals surface area contributed by atoms with Gasteiger partial charge in [-0.2, -0.15) is 0 Å². The van der Waals surface area contributed by atoms with E-state index in [4.69, 9.17) is 15.9 Å². The van der Waals surface area contributed by atoms with Crippen LogP contribution in [0.1, 0.15) is 67.5 Å². The highest BCUT2D eigenvalue weighted by atomic mass is 35.5. The Morgan fingerprint density at radius 2 is 1.71 bits per heavy atom. The Hall–Kier alpha value is -2.36. The van der Waals surface area contributed by atoms with Gasteiger partial charge in [0.1, 0.15) is 5.82 Å². The lowest BCUT2D eigenvalue weighted by Crippen LogP contribution is -2.50. The minimum Gasteiger partial charge on any atom is -0.381 e. The number of aromatic nitrogens is 2. The first-order valence-corrected chi connectivity index (χ1v) is 11.9. The topological polar surface area (TPSA) is 138 Å².